The van der Waals surface area contributed by atoms with Crippen molar-refractivity contribution < 1.29 is 14.0 Å². The molecule has 1 unspecified atom stereocenters. The van der Waals surface area contributed by atoms with Gasteiger partial charge in [0.05, 0.1) is 23.8 Å². The monoisotopic (exact) mass is 407 g/mol. The van der Waals surface area contributed by atoms with Gasteiger partial charge in [-0.2, -0.15) is 4.98 Å². The molecule has 29 heavy (non-hydrogen) atoms. The van der Waals surface area contributed by atoms with E-state index in [1.807, 2.05) is 61.5 Å². The highest BCUT2D eigenvalue weighted by atomic mass is 32.2. The van der Waals surface area contributed by atoms with Crippen molar-refractivity contribution in [3.63, 3.8) is 0 Å². The highest BCUT2D eigenvalue weighted by Gasteiger charge is 2.20. The number of ether oxygens (including phenoxy) is 2. The van der Waals surface area contributed by atoms with Gasteiger partial charge in [0.1, 0.15) is 18.1 Å². The van der Waals surface area contributed by atoms with E-state index in [-0.39, 0.29) is 5.75 Å². The minimum absolute atomic E-state index is 0.269. The molecule has 2 heterocycles. The second-order valence-corrected chi connectivity index (χ2v) is 7.93. The maximum absolute atomic E-state index is 12.8. The predicted molar refractivity (Wildman–Crippen MR) is 113 cm³/mol. The van der Waals surface area contributed by atoms with Crippen molar-refractivity contribution >= 4 is 22.2 Å². The van der Waals surface area contributed by atoms with Gasteiger partial charge in [0, 0.05) is 22.9 Å². The number of para-hydroxylation sites is 2. The van der Waals surface area contributed by atoms with Crippen molar-refractivity contribution in [2.24, 2.45) is 0 Å². The lowest BCUT2D eigenvalue weighted by Gasteiger charge is -2.13. The molecule has 0 aliphatic heterocycles. The molecule has 4 rings (SSSR count). The lowest BCUT2D eigenvalue weighted by atomic mass is 10.2. The van der Waals surface area contributed by atoms with E-state index >= 15 is 0 Å². The first-order valence-electron chi connectivity index (χ1n) is 9.17. The van der Waals surface area contributed by atoms with Gasteiger partial charge in [-0.25, -0.2) is 0 Å². The maximum atomic E-state index is 12.8. The Bertz CT molecular complexity index is 1080. The topological polar surface area (TPSA) is 83.1 Å². The molecule has 7 heteroatoms. The fourth-order valence-corrected chi connectivity index (χ4v) is 4.07. The zero-order chi connectivity index (χ0) is 20.2. The molecule has 0 saturated heterocycles. The summed E-state index contributed by atoms with van der Waals surface area (Å²) in [5.41, 5.74) is 4.32. The molecule has 0 aliphatic carbocycles. The fraction of sp³-hybridized carbons (Fsp3) is 0.182. The summed E-state index contributed by atoms with van der Waals surface area (Å²) in [5.74, 6) is 1.81. The molecular weight excluding hydrogens is 386 g/mol. The Morgan fingerprint density at radius 2 is 1.86 bits per heavy atom. The molecular formula is C22H21N3O3S. The molecule has 0 spiro atoms. The maximum Gasteiger partial charge on any atom is 0.322 e. The number of rotatable bonds is 7. The Kier molecular flexibility index (Phi) is 5.69. The summed E-state index contributed by atoms with van der Waals surface area (Å²) >= 11 is -1.33. The third-order valence-corrected chi connectivity index (χ3v) is 5.82. The Hall–Kier alpha value is -3.03. The molecule has 0 amide bonds. The van der Waals surface area contributed by atoms with Crippen LogP contribution in [-0.4, -0.2) is 26.6 Å². The predicted octanol–water partition coefficient (Wildman–Crippen LogP) is 4.16. The Labute approximate surface area is 172 Å². The molecule has 4 aromatic rings. The number of benzene rings is 2. The summed E-state index contributed by atoms with van der Waals surface area (Å²) in [6.45, 7) is 2.36. The average Bonchev–Trinajstić information content (AvgIpc) is 3.19. The third-order valence-electron chi connectivity index (χ3n) is 4.66. The number of nitrogens with one attached hydrogen (secondary N) is 1. The first-order valence-corrected chi connectivity index (χ1v) is 10.5. The van der Waals surface area contributed by atoms with Crippen molar-refractivity contribution in [2.75, 3.05) is 7.11 Å². The van der Waals surface area contributed by atoms with Gasteiger partial charge in [0.15, 0.2) is 5.75 Å². The van der Waals surface area contributed by atoms with Gasteiger partial charge in [-0.15, -0.1) is 0 Å². The van der Waals surface area contributed by atoms with Crippen LogP contribution in [0.5, 0.6) is 11.5 Å². The number of pyridine rings is 1. The van der Waals surface area contributed by atoms with Gasteiger partial charge in [-0.3, -0.25) is 9.97 Å². The number of aromatic amines is 1. The minimum Gasteiger partial charge on any atom is -0.609 e. The summed E-state index contributed by atoms with van der Waals surface area (Å²) in [7, 11) is 1.64. The van der Waals surface area contributed by atoms with E-state index in [9.17, 15) is 4.55 Å². The number of aromatic nitrogens is 3. The zero-order valence-corrected chi connectivity index (χ0v) is 17.0. The molecule has 0 saturated carbocycles. The number of imidazole rings is 1. The normalized spacial score (nSPS) is 12.1. The standard InChI is InChI=1S/C22H21N3O3S/c1-15-20(14-29(26)22-24-18-5-3-4-6-19(18)25-22)23-12-11-21(15)28-13-16-7-9-17(27-2)10-8-16/h3-12H,13-14H2,1-2H3,(H,24,25). The molecule has 0 bridgehead atoms. The molecule has 2 aromatic heterocycles. The van der Waals surface area contributed by atoms with Gasteiger partial charge in [-0.1, -0.05) is 24.3 Å². The summed E-state index contributed by atoms with van der Waals surface area (Å²) in [6, 6.07) is 17.2. The van der Waals surface area contributed by atoms with E-state index in [1.165, 1.54) is 0 Å². The highest BCUT2D eigenvalue weighted by molar-refractivity contribution is 7.90. The van der Waals surface area contributed by atoms with Crippen LogP contribution in [-0.2, 0) is 23.5 Å². The van der Waals surface area contributed by atoms with E-state index in [1.54, 1.807) is 13.3 Å². The van der Waals surface area contributed by atoms with Crippen LogP contribution in [0.4, 0.5) is 0 Å². The zero-order valence-electron chi connectivity index (χ0n) is 16.2. The van der Waals surface area contributed by atoms with Gasteiger partial charge < -0.3 is 14.0 Å². The van der Waals surface area contributed by atoms with E-state index in [2.05, 4.69) is 15.0 Å². The molecule has 6 nitrogen and oxygen atoms in total. The Morgan fingerprint density at radius 1 is 1.07 bits per heavy atom. The second kappa shape index (κ2) is 8.55. The molecule has 148 valence electrons. The van der Waals surface area contributed by atoms with Gasteiger partial charge >= 0.3 is 5.16 Å². The van der Waals surface area contributed by atoms with E-state index in [4.69, 9.17) is 9.47 Å². The molecule has 2 aromatic carbocycles. The van der Waals surface area contributed by atoms with Crippen LogP contribution >= 0.6 is 0 Å². The SMILES string of the molecule is COc1ccc(COc2ccnc(C[S+]([O-])c3nc4ccccc4[nH]3)c2C)cc1. The number of nitrogens with zero attached hydrogens (tertiary/aromatic N) is 2. The van der Waals surface area contributed by atoms with Crippen LogP contribution in [0.3, 0.4) is 0 Å². The smallest absolute Gasteiger partial charge is 0.322 e. The quantitative estimate of drug-likeness (QED) is 0.465. The minimum atomic E-state index is -1.33. The number of fused-ring (bicyclic) bond motifs is 1. The van der Waals surface area contributed by atoms with Crippen molar-refractivity contribution in [2.45, 2.75) is 24.4 Å². The Morgan fingerprint density at radius 3 is 2.62 bits per heavy atom. The molecule has 1 N–H and O–H groups in total. The van der Waals surface area contributed by atoms with E-state index in [0.29, 0.717) is 11.8 Å². The van der Waals surface area contributed by atoms with Crippen LogP contribution in [0, 0.1) is 6.92 Å². The lowest BCUT2D eigenvalue weighted by Crippen LogP contribution is -2.10. The van der Waals surface area contributed by atoms with Crippen LogP contribution in [0.2, 0.25) is 0 Å². The van der Waals surface area contributed by atoms with E-state index in [0.717, 1.165) is 39.4 Å². The third kappa shape index (κ3) is 4.36. The van der Waals surface area contributed by atoms with Crippen LogP contribution in [0.15, 0.2) is 66.0 Å². The first kappa shape index (κ1) is 19.3. The highest BCUT2D eigenvalue weighted by Crippen LogP contribution is 2.25. The molecule has 0 fully saturated rings. The van der Waals surface area contributed by atoms with Gasteiger partial charge in [0.2, 0.25) is 0 Å². The van der Waals surface area contributed by atoms with E-state index < -0.39 is 11.2 Å². The largest absolute Gasteiger partial charge is 0.609 e. The fourth-order valence-electron chi connectivity index (χ4n) is 2.97. The molecule has 0 radical (unpaired) electrons. The molecule has 1 atom stereocenters. The lowest BCUT2D eigenvalue weighted by molar-refractivity contribution is 0.303. The number of hydrogen-bond acceptors (Lipinski definition) is 5. The van der Waals surface area contributed by atoms with Crippen molar-refractivity contribution in [1.29, 1.82) is 0 Å². The number of H-pyrrole nitrogens is 1. The van der Waals surface area contributed by atoms with Crippen molar-refractivity contribution in [3.8, 4) is 11.5 Å². The molecule has 0 aliphatic rings. The Balaban J connectivity index is 1.46. The number of hydrogen-bond donors (Lipinski definition) is 1. The summed E-state index contributed by atoms with van der Waals surface area (Å²) in [6.07, 6.45) is 1.68. The van der Waals surface area contributed by atoms with Gasteiger partial charge in [-0.05, 0) is 42.8 Å². The summed E-state index contributed by atoms with van der Waals surface area (Å²) in [4.78, 5) is 12.0. The number of methoxy groups -OCH3 is 1. The van der Waals surface area contributed by atoms with Crippen molar-refractivity contribution in [1.82, 2.24) is 15.0 Å². The second-order valence-electron chi connectivity index (χ2n) is 6.57. The summed E-state index contributed by atoms with van der Waals surface area (Å²) < 4.78 is 24.0. The van der Waals surface area contributed by atoms with Crippen LogP contribution in [0.25, 0.3) is 11.0 Å². The van der Waals surface area contributed by atoms with Gasteiger partial charge in [0.25, 0.3) is 0 Å². The average molecular weight is 407 g/mol. The first-order chi connectivity index (χ1) is 14.1. The van der Waals surface area contributed by atoms with Crippen molar-refractivity contribution in [3.05, 3.63) is 77.6 Å². The van der Waals surface area contributed by atoms with Crippen LogP contribution in [0.1, 0.15) is 16.8 Å². The van der Waals surface area contributed by atoms with Crippen LogP contribution < -0.4 is 9.47 Å². The summed E-state index contributed by atoms with van der Waals surface area (Å²) in [5, 5.41) is 0.456.